The highest BCUT2D eigenvalue weighted by Crippen LogP contribution is 2.16. The molecule has 0 unspecified atom stereocenters. The molecule has 2 rings (SSSR count). The van der Waals surface area contributed by atoms with Gasteiger partial charge in [-0.15, -0.1) is 0 Å². The van der Waals surface area contributed by atoms with Crippen LogP contribution >= 0.6 is 0 Å². The minimum atomic E-state index is -1.49. The molecule has 7 heteroatoms. The molecule has 1 heterocycles. The number of nitrogens with zero attached hydrogens (tertiary/aromatic N) is 1. The lowest BCUT2D eigenvalue weighted by Crippen LogP contribution is -2.46. The zero-order valence-corrected chi connectivity index (χ0v) is 12.1. The van der Waals surface area contributed by atoms with E-state index in [0.717, 1.165) is 25.0 Å². The van der Waals surface area contributed by atoms with E-state index in [4.69, 9.17) is 5.11 Å². The Labute approximate surface area is 126 Å². The van der Waals surface area contributed by atoms with Crippen molar-refractivity contribution in [1.29, 1.82) is 0 Å². The van der Waals surface area contributed by atoms with E-state index in [1.807, 2.05) is 0 Å². The first-order valence-electron chi connectivity index (χ1n) is 7.28. The van der Waals surface area contributed by atoms with Crippen LogP contribution < -0.4 is 5.32 Å². The third-order valence-electron chi connectivity index (χ3n) is 3.80. The molecule has 2 N–H and O–H groups in total. The fourth-order valence-electron chi connectivity index (χ4n) is 2.58. The molecule has 0 saturated carbocycles. The first kappa shape index (κ1) is 16.6. The number of carbonyl (C=O) groups is 1. The molecule has 122 valence electrons. The lowest BCUT2D eigenvalue weighted by atomic mass is 9.99. The molecule has 0 spiro atoms. The maximum atomic E-state index is 13.1. The number of hydrogen-bond acceptors (Lipinski definition) is 2. The number of carbonyl (C=O) groups excluding carboxylic acids is 1. The number of halogens is 3. The first-order chi connectivity index (χ1) is 10.5. The summed E-state index contributed by atoms with van der Waals surface area (Å²) in [4.78, 5) is 13.6. The fraction of sp³-hybridized carbons (Fsp3) is 0.533. The average molecular weight is 316 g/mol. The predicted molar refractivity (Wildman–Crippen MR) is 74.8 cm³/mol. The molecule has 1 aromatic rings. The highest BCUT2D eigenvalue weighted by Gasteiger charge is 2.22. The van der Waals surface area contributed by atoms with E-state index in [9.17, 15) is 18.0 Å². The normalized spacial score (nSPS) is 18.4. The summed E-state index contributed by atoms with van der Waals surface area (Å²) in [5.41, 5.74) is 0.281. The van der Waals surface area contributed by atoms with E-state index < -0.39 is 17.5 Å². The van der Waals surface area contributed by atoms with Crippen molar-refractivity contribution in [3.63, 3.8) is 0 Å². The largest absolute Gasteiger partial charge is 0.396 e. The number of hydrogen-bond donors (Lipinski definition) is 2. The van der Waals surface area contributed by atoms with Crippen LogP contribution in [0.1, 0.15) is 18.4 Å². The summed E-state index contributed by atoms with van der Waals surface area (Å²) in [6.45, 7) is 1.38. The van der Waals surface area contributed by atoms with Gasteiger partial charge in [0.1, 0.15) is 0 Å². The predicted octanol–water partition coefficient (Wildman–Crippen LogP) is 2.06. The number of likely N-dealkylation sites (tertiary alicyclic amines) is 1. The first-order valence-corrected chi connectivity index (χ1v) is 7.28. The van der Waals surface area contributed by atoms with Crippen LogP contribution in [0.4, 0.5) is 18.0 Å². The Kier molecular flexibility index (Phi) is 5.65. The summed E-state index contributed by atoms with van der Waals surface area (Å²) in [5.74, 6) is -3.86. The second kappa shape index (κ2) is 7.49. The average Bonchev–Trinajstić information content (AvgIpc) is 2.52. The number of aliphatic hydroxyl groups is 1. The van der Waals surface area contributed by atoms with Crippen LogP contribution in [0.15, 0.2) is 12.1 Å². The molecule has 1 aliphatic heterocycles. The zero-order valence-electron chi connectivity index (χ0n) is 12.1. The summed E-state index contributed by atoms with van der Waals surface area (Å²) < 4.78 is 39.0. The number of aliphatic hydroxyl groups excluding tert-OH is 1. The molecule has 0 bridgehead atoms. The minimum Gasteiger partial charge on any atom is -0.396 e. The Morgan fingerprint density at radius 1 is 1.32 bits per heavy atom. The highest BCUT2D eigenvalue weighted by atomic mass is 19.2. The van der Waals surface area contributed by atoms with Crippen LogP contribution in [0.2, 0.25) is 0 Å². The van der Waals surface area contributed by atoms with Crippen LogP contribution in [0.25, 0.3) is 0 Å². The number of nitrogens with one attached hydrogen (secondary N) is 1. The van der Waals surface area contributed by atoms with Gasteiger partial charge >= 0.3 is 6.03 Å². The monoisotopic (exact) mass is 316 g/mol. The van der Waals surface area contributed by atoms with Crippen molar-refractivity contribution in [2.24, 2.45) is 5.92 Å². The SMILES string of the molecule is O=C(NCCc1cc(F)c(F)c(F)c1)N1CCC[C@@H](CO)C1. The Morgan fingerprint density at radius 2 is 2.00 bits per heavy atom. The molecule has 1 atom stereocenters. The van der Waals surface area contributed by atoms with Crippen molar-refractivity contribution < 1.29 is 23.1 Å². The Morgan fingerprint density at radius 3 is 2.64 bits per heavy atom. The smallest absolute Gasteiger partial charge is 0.317 e. The van der Waals surface area contributed by atoms with Crippen LogP contribution in [-0.2, 0) is 6.42 Å². The van der Waals surface area contributed by atoms with Crippen molar-refractivity contribution >= 4 is 6.03 Å². The van der Waals surface area contributed by atoms with E-state index >= 15 is 0 Å². The lowest BCUT2D eigenvalue weighted by molar-refractivity contribution is 0.129. The quantitative estimate of drug-likeness (QED) is 0.836. The second-order valence-electron chi connectivity index (χ2n) is 5.49. The van der Waals surface area contributed by atoms with Gasteiger partial charge in [-0.25, -0.2) is 18.0 Å². The van der Waals surface area contributed by atoms with Crippen molar-refractivity contribution in [2.75, 3.05) is 26.2 Å². The molecule has 1 fully saturated rings. The zero-order chi connectivity index (χ0) is 16.1. The van der Waals surface area contributed by atoms with E-state index in [1.54, 1.807) is 4.90 Å². The van der Waals surface area contributed by atoms with Gasteiger partial charge in [-0.2, -0.15) is 0 Å². The number of benzene rings is 1. The van der Waals surface area contributed by atoms with E-state index in [1.165, 1.54) is 0 Å². The number of urea groups is 1. The van der Waals surface area contributed by atoms with Crippen molar-refractivity contribution in [3.8, 4) is 0 Å². The molecule has 1 saturated heterocycles. The van der Waals surface area contributed by atoms with Gasteiger partial charge in [-0.05, 0) is 42.9 Å². The van der Waals surface area contributed by atoms with Gasteiger partial charge in [0, 0.05) is 26.2 Å². The van der Waals surface area contributed by atoms with E-state index in [-0.39, 0.29) is 37.1 Å². The summed E-state index contributed by atoms with van der Waals surface area (Å²) in [6.07, 6.45) is 1.94. The Hall–Kier alpha value is -1.76. The van der Waals surface area contributed by atoms with E-state index in [2.05, 4.69) is 5.32 Å². The summed E-state index contributed by atoms with van der Waals surface area (Å²) in [6, 6.07) is 1.58. The molecule has 1 aromatic carbocycles. The minimum absolute atomic E-state index is 0.0535. The van der Waals surface area contributed by atoms with Crippen LogP contribution in [-0.4, -0.2) is 42.3 Å². The third kappa shape index (κ3) is 4.13. The van der Waals surface area contributed by atoms with Gasteiger partial charge in [-0.1, -0.05) is 0 Å². The van der Waals surface area contributed by atoms with Crippen LogP contribution in [0.5, 0.6) is 0 Å². The van der Waals surface area contributed by atoms with Crippen LogP contribution in [0, 0.1) is 23.4 Å². The maximum Gasteiger partial charge on any atom is 0.317 e. The van der Waals surface area contributed by atoms with E-state index in [0.29, 0.717) is 13.1 Å². The molecular weight excluding hydrogens is 297 g/mol. The third-order valence-corrected chi connectivity index (χ3v) is 3.80. The molecule has 0 radical (unpaired) electrons. The lowest BCUT2D eigenvalue weighted by Gasteiger charge is -2.31. The number of rotatable bonds is 4. The molecular formula is C15H19F3N2O2. The number of piperidine rings is 1. The second-order valence-corrected chi connectivity index (χ2v) is 5.49. The molecule has 0 aromatic heterocycles. The Balaban J connectivity index is 1.82. The molecule has 22 heavy (non-hydrogen) atoms. The van der Waals surface area contributed by atoms with Gasteiger partial charge in [-0.3, -0.25) is 0 Å². The van der Waals surface area contributed by atoms with Gasteiger partial charge < -0.3 is 15.3 Å². The van der Waals surface area contributed by atoms with Crippen molar-refractivity contribution in [1.82, 2.24) is 10.2 Å². The van der Waals surface area contributed by atoms with Crippen molar-refractivity contribution in [2.45, 2.75) is 19.3 Å². The maximum absolute atomic E-state index is 13.1. The summed E-state index contributed by atoms with van der Waals surface area (Å²) in [5, 5.41) is 11.8. The number of amides is 2. The molecule has 2 amide bonds. The molecule has 0 aliphatic carbocycles. The van der Waals surface area contributed by atoms with Gasteiger partial charge in [0.25, 0.3) is 0 Å². The standard InChI is InChI=1S/C15H19F3N2O2/c16-12-6-10(7-13(17)14(12)18)3-4-19-15(22)20-5-1-2-11(8-20)9-21/h6-7,11,21H,1-5,8-9H2,(H,19,22)/t11-/m1/s1. The van der Waals surface area contributed by atoms with Crippen molar-refractivity contribution in [3.05, 3.63) is 35.1 Å². The van der Waals surface area contributed by atoms with Crippen LogP contribution in [0.3, 0.4) is 0 Å². The summed E-state index contributed by atoms with van der Waals surface area (Å²) in [7, 11) is 0. The van der Waals surface area contributed by atoms with Gasteiger partial charge in [0.15, 0.2) is 17.5 Å². The molecule has 1 aliphatic rings. The Bertz CT molecular complexity index is 517. The molecule has 4 nitrogen and oxygen atoms in total. The summed E-state index contributed by atoms with van der Waals surface area (Å²) >= 11 is 0. The van der Waals surface area contributed by atoms with Gasteiger partial charge in [0.05, 0.1) is 0 Å². The topological polar surface area (TPSA) is 52.6 Å². The fourth-order valence-corrected chi connectivity index (χ4v) is 2.58. The van der Waals surface area contributed by atoms with Gasteiger partial charge in [0.2, 0.25) is 0 Å². The highest BCUT2D eigenvalue weighted by molar-refractivity contribution is 5.74.